The molecule has 0 amide bonds. The molecule has 0 saturated carbocycles. The van der Waals surface area contributed by atoms with E-state index in [0.29, 0.717) is 0 Å². The lowest BCUT2D eigenvalue weighted by molar-refractivity contribution is 0.489. The van der Waals surface area contributed by atoms with Gasteiger partial charge in [-0.05, 0) is 43.5 Å². The van der Waals surface area contributed by atoms with E-state index >= 15 is 0 Å². The summed E-state index contributed by atoms with van der Waals surface area (Å²) in [4.78, 5) is 4.45. The Morgan fingerprint density at radius 1 is 1.15 bits per heavy atom. The lowest BCUT2D eigenvalue weighted by atomic mass is 10.0. The van der Waals surface area contributed by atoms with Crippen molar-refractivity contribution < 1.29 is 0 Å². The van der Waals surface area contributed by atoms with Gasteiger partial charge in [0.15, 0.2) is 0 Å². The van der Waals surface area contributed by atoms with Gasteiger partial charge in [0.1, 0.15) is 0 Å². The molecule has 0 bridgehead atoms. The predicted octanol–water partition coefficient (Wildman–Crippen LogP) is 4.41. The van der Waals surface area contributed by atoms with Gasteiger partial charge in [-0.3, -0.25) is 4.98 Å². The van der Waals surface area contributed by atoms with Crippen LogP contribution >= 0.6 is 11.6 Å². The van der Waals surface area contributed by atoms with Gasteiger partial charge in [0, 0.05) is 6.20 Å². The van der Waals surface area contributed by atoms with Gasteiger partial charge in [-0.15, -0.1) is 0 Å². The van der Waals surface area contributed by atoms with Crippen LogP contribution < -0.4 is 5.32 Å². The number of halogens is 1. The lowest BCUT2D eigenvalue weighted by Gasteiger charge is -2.19. The van der Waals surface area contributed by atoms with Gasteiger partial charge in [0.25, 0.3) is 0 Å². The highest BCUT2D eigenvalue weighted by molar-refractivity contribution is 6.31. The Bertz CT molecular complexity index is 513. The molecular formula is C17H21ClN2. The van der Waals surface area contributed by atoms with Crippen LogP contribution in [-0.4, -0.2) is 11.5 Å². The number of nitrogens with one attached hydrogen (secondary N) is 1. The normalized spacial score (nSPS) is 12.3. The molecule has 0 saturated heterocycles. The highest BCUT2D eigenvalue weighted by atomic mass is 35.5. The first kappa shape index (κ1) is 15.0. The average molecular weight is 289 g/mol. The fourth-order valence-corrected chi connectivity index (χ4v) is 2.52. The van der Waals surface area contributed by atoms with Gasteiger partial charge in [0.05, 0.1) is 16.8 Å². The Morgan fingerprint density at radius 2 is 1.95 bits per heavy atom. The Morgan fingerprint density at radius 3 is 2.65 bits per heavy atom. The second kappa shape index (κ2) is 8.03. The topological polar surface area (TPSA) is 24.9 Å². The van der Waals surface area contributed by atoms with E-state index in [1.807, 2.05) is 24.4 Å². The molecule has 0 spiro atoms. The summed E-state index contributed by atoms with van der Waals surface area (Å²) in [6.07, 6.45) is 4.94. The number of aryl methyl sites for hydroxylation is 1. The third kappa shape index (κ3) is 4.32. The second-order valence-corrected chi connectivity index (χ2v) is 5.31. The molecule has 1 unspecified atom stereocenters. The minimum atomic E-state index is 0.212. The Balaban J connectivity index is 2.06. The number of hydrogen-bond acceptors (Lipinski definition) is 2. The summed E-state index contributed by atoms with van der Waals surface area (Å²) in [6, 6.07) is 14.5. The average Bonchev–Trinajstić information content (AvgIpc) is 2.49. The van der Waals surface area contributed by atoms with Gasteiger partial charge < -0.3 is 5.32 Å². The summed E-state index contributed by atoms with van der Waals surface area (Å²) in [5.41, 5.74) is 2.31. The van der Waals surface area contributed by atoms with Gasteiger partial charge >= 0.3 is 0 Å². The monoisotopic (exact) mass is 288 g/mol. The van der Waals surface area contributed by atoms with Crippen LogP contribution in [0.3, 0.4) is 0 Å². The molecule has 20 heavy (non-hydrogen) atoms. The van der Waals surface area contributed by atoms with Crippen molar-refractivity contribution in [3.8, 4) is 0 Å². The van der Waals surface area contributed by atoms with E-state index in [4.69, 9.17) is 11.6 Å². The molecule has 0 radical (unpaired) electrons. The zero-order chi connectivity index (χ0) is 14.2. The van der Waals surface area contributed by atoms with Crippen LogP contribution in [0.4, 0.5) is 0 Å². The number of hydrogen-bond donors (Lipinski definition) is 1. The summed E-state index contributed by atoms with van der Waals surface area (Å²) in [7, 11) is 0. The number of aromatic nitrogens is 1. The maximum absolute atomic E-state index is 6.28. The minimum Gasteiger partial charge on any atom is -0.309 e. The van der Waals surface area contributed by atoms with Crippen molar-refractivity contribution in [2.45, 2.75) is 32.2 Å². The van der Waals surface area contributed by atoms with Crippen LogP contribution in [0.5, 0.6) is 0 Å². The number of pyridine rings is 1. The fraction of sp³-hybridized carbons (Fsp3) is 0.353. The third-order valence-corrected chi connectivity index (χ3v) is 3.64. The molecule has 1 N–H and O–H groups in total. The summed E-state index contributed by atoms with van der Waals surface area (Å²) in [5, 5.41) is 4.29. The molecule has 0 aliphatic heterocycles. The number of rotatable bonds is 7. The van der Waals surface area contributed by atoms with E-state index in [-0.39, 0.29) is 6.04 Å². The van der Waals surface area contributed by atoms with Crippen molar-refractivity contribution in [3.63, 3.8) is 0 Å². The van der Waals surface area contributed by atoms with Gasteiger partial charge in [-0.1, -0.05) is 48.9 Å². The van der Waals surface area contributed by atoms with Crippen molar-refractivity contribution in [1.82, 2.24) is 10.3 Å². The minimum absolute atomic E-state index is 0.212. The summed E-state index contributed by atoms with van der Waals surface area (Å²) in [5.74, 6) is 0. The van der Waals surface area contributed by atoms with E-state index in [1.54, 1.807) is 0 Å². The highest BCUT2D eigenvalue weighted by Gasteiger charge is 2.15. The van der Waals surface area contributed by atoms with Crippen molar-refractivity contribution in [2.75, 3.05) is 6.54 Å². The summed E-state index contributed by atoms with van der Waals surface area (Å²) >= 11 is 6.28. The Kier molecular flexibility index (Phi) is 6.03. The molecule has 106 valence electrons. The largest absolute Gasteiger partial charge is 0.309 e. The van der Waals surface area contributed by atoms with Crippen LogP contribution in [-0.2, 0) is 6.42 Å². The first-order valence-corrected chi connectivity index (χ1v) is 7.56. The molecule has 2 nitrogen and oxygen atoms in total. The van der Waals surface area contributed by atoms with E-state index in [2.05, 4.69) is 41.5 Å². The standard InChI is InChI=1S/C17H21ClN2/c1-2-12-19-16(17-15(18)9-6-13-20-17)11-10-14-7-4-3-5-8-14/h3-9,13,16,19H,2,10-12H2,1H3. The van der Waals surface area contributed by atoms with Crippen LogP contribution in [0.15, 0.2) is 48.7 Å². The second-order valence-electron chi connectivity index (χ2n) is 4.90. The van der Waals surface area contributed by atoms with Crippen LogP contribution in [0.2, 0.25) is 5.02 Å². The van der Waals surface area contributed by atoms with E-state index in [9.17, 15) is 0 Å². The molecule has 1 aromatic carbocycles. The smallest absolute Gasteiger partial charge is 0.0759 e. The fourth-order valence-electron chi connectivity index (χ4n) is 2.26. The predicted molar refractivity (Wildman–Crippen MR) is 85.0 cm³/mol. The molecule has 1 atom stereocenters. The molecular weight excluding hydrogens is 268 g/mol. The molecule has 0 aliphatic rings. The molecule has 3 heteroatoms. The van der Waals surface area contributed by atoms with E-state index in [0.717, 1.165) is 36.5 Å². The summed E-state index contributed by atoms with van der Waals surface area (Å²) in [6.45, 7) is 3.15. The maximum atomic E-state index is 6.28. The van der Waals surface area contributed by atoms with E-state index < -0.39 is 0 Å². The van der Waals surface area contributed by atoms with Crippen LogP contribution in [0, 0.1) is 0 Å². The highest BCUT2D eigenvalue weighted by Crippen LogP contribution is 2.24. The van der Waals surface area contributed by atoms with Crippen LogP contribution in [0.25, 0.3) is 0 Å². The zero-order valence-electron chi connectivity index (χ0n) is 11.8. The SMILES string of the molecule is CCCNC(CCc1ccccc1)c1ncccc1Cl. The van der Waals surface area contributed by atoms with Crippen LogP contribution in [0.1, 0.15) is 37.1 Å². The van der Waals surface area contributed by atoms with E-state index in [1.165, 1.54) is 5.56 Å². The van der Waals surface area contributed by atoms with Crippen molar-refractivity contribution in [2.24, 2.45) is 0 Å². The number of nitrogens with zero attached hydrogens (tertiary/aromatic N) is 1. The van der Waals surface area contributed by atoms with Crippen molar-refractivity contribution >= 4 is 11.6 Å². The zero-order valence-corrected chi connectivity index (χ0v) is 12.6. The quantitative estimate of drug-likeness (QED) is 0.816. The molecule has 2 aromatic rings. The van der Waals surface area contributed by atoms with Gasteiger partial charge in [0.2, 0.25) is 0 Å². The lowest BCUT2D eigenvalue weighted by Crippen LogP contribution is -2.24. The molecule has 1 heterocycles. The van der Waals surface area contributed by atoms with Gasteiger partial charge in [-0.2, -0.15) is 0 Å². The molecule has 2 rings (SSSR count). The third-order valence-electron chi connectivity index (χ3n) is 3.32. The summed E-state index contributed by atoms with van der Waals surface area (Å²) < 4.78 is 0. The molecule has 1 aromatic heterocycles. The Labute approximate surface area is 126 Å². The molecule has 0 aliphatic carbocycles. The maximum Gasteiger partial charge on any atom is 0.0759 e. The van der Waals surface area contributed by atoms with Crippen molar-refractivity contribution in [1.29, 1.82) is 0 Å². The molecule has 0 fully saturated rings. The first-order chi connectivity index (χ1) is 9.81. The van der Waals surface area contributed by atoms with Crippen molar-refractivity contribution in [3.05, 3.63) is 64.9 Å². The number of benzene rings is 1. The Hall–Kier alpha value is -1.38. The first-order valence-electron chi connectivity index (χ1n) is 7.19. The van der Waals surface area contributed by atoms with Gasteiger partial charge in [-0.25, -0.2) is 0 Å².